The third kappa shape index (κ3) is 5.19. The second-order valence-corrected chi connectivity index (χ2v) is 6.65. The molecule has 106 valence electrons. The van der Waals surface area contributed by atoms with Gasteiger partial charge < -0.3 is 10.4 Å². The predicted octanol–water partition coefficient (Wildman–Crippen LogP) is 3.14. The van der Waals surface area contributed by atoms with Crippen molar-refractivity contribution in [3.8, 4) is 0 Å². The molecule has 2 N–H and O–H groups in total. The molecule has 0 aromatic heterocycles. The minimum absolute atomic E-state index is 0.706. The van der Waals surface area contributed by atoms with E-state index in [1.807, 2.05) is 18.7 Å². The van der Waals surface area contributed by atoms with Gasteiger partial charge in [0.2, 0.25) is 0 Å². The van der Waals surface area contributed by atoms with Gasteiger partial charge >= 0.3 is 5.97 Å². The lowest BCUT2D eigenvalue weighted by atomic mass is 9.96. The minimum Gasteiger partial charge on any atom is -0.480 e. The molecule has 0 spiro atoms. The van der Waals surface area contributed by atoms with Crippen molar-refractivity contribution in [3.05, 3.63) is 0 Å². The summed E-state index contributed by atoms with van der Waals surface area (Å²) in [6.45, 7) is 4.45. The zero-order chi connectivity index (χ0) is 13.4. The first-order valence-electron chi connectivity index (χ1n) is 7.14. The summed E-state index contributed by atoms with van der Waals surface area (Å²) in [5, 5.41) is 12.3. The molecular formula is C14H27NO2S. The van der Waals surface area contributed by atoms with E-state index in [1.165, 1.54) is 31.4 Å². The lowest BCUT2D eigenvalue weighted by Gasteiger charge is -2.25. The molecule has 1 aliphatic rings. The molecule has 4 heteroatoms. The summed E-state index contributed by atoms with van der Waals surface area (Å²) in [7, 11) is 0. The molecular weight excluding hydrogens is 246 g/mol. The van der Waals surface area contributed by atoms with Gasteiger partial charge in [-0.15, -0.1) is 0 Å². The first kappa shape index (κ1) is 15.8. The highest BCUT2D eigenvalue weighted by Gasteiger charge is 2.31. The fraction of sp³-hybridized carbons (Fsp3) is 0.929. The molecule has 0 amide bonds. The van der Waals surface area contributed by atoms with E-state index in [1.54, 1.807) is 6.92 Å². The Morgan fingerprint density at radius 3 is 2.67 bits per heavy atom. The van der Waals surface area contributed by atoms with Crippen molar-refractivity contribution in [2.45, 2.75) is 57.9 Å². The Hall–Kier alpha value is -0.220. The Labute approximate surface area is 115 Å². The van der Waals surface area contributed by atoms with Crippen LogP contribution in [0.4, 0.5) is 0 Å². The van der Waals surface area contributed by atoms with Crippen LogP contribution in [-0.2, 0) is 4.79 Å². The smallest absolute Gasteiger partial charge is 0.323 e. The van der Waals surface area contributed by atoms with Gasteiger partial charge in [-0.25, -0.2) is 0 Å². The molecule has 1 rings (SSSR count). The number of hydrogen-bond acceptors (Lipinski definition) is 3. The van der Waals surface area contributed by atoms with E-state index < -0.39 is 11.5 Å². The number of rotatable bonds is 9. The highest BCUT2D eigenvalue weighted by molar-refractivity contribution is 7.99. The first-order chi connectivity index (χ1) is 8.58. The second-order valence-electron chi connectivity index (χ2n) is 5.50. The molecule has 0 saturated heterocycles. The van der Waals surface area contributed by atoms with E-state index >= 15 is 0 Å². The van der Waals surface area contributed by atoms with Crippen LogP contribution in [0.15, 0.2) is 0 Å². The van der Waals surface area contributed by atoms with Crippen LogP contribution < -0.4 is 5.32 Å². The molecule has 0 bridgehead atoms. The number of aliphatic carboxylic acids is 1. The van der Waals surface area contributed by atoms with Crippen LogP contribution in [0.25, 0.3) is 0 Å². The predicted molar refractivity (Wildman–Crippen MR) is 78.2 cm³/mol. The molecule has 0 heterocycles. The average molecular weight is 273 g/mol. The maximum absolute atomic E-state index is 11.2. The summed E-state index contributed by atoms with van der Waals surface area (Å²) in [5.41, 5.74) is -0.747. The molecule has 1 saturated carbocycles. The summed E-state index contributed by atoms with van der Waals surface area (Å²) >= 11 is 2.00. The standard InChI is InChI=1S/C14H27NO2S/c1-3-15-14(2,13(16)17)9-6-10-18-11-12-7-4-5-8-12/h12,15H,3-11H2,1-2H3,(H,16,17). The molecule has 0 aromatic rings. The van der Waals surface area contributed by atoms with E-state index in [0.29, 0.717) is 13.0 Å². The van der Waals surface area contributed by atoms with Crippen molar-refractivity contribution in [1.82, 2.24) is 5.32 Å². The zero-order valence-corrected chi connectivity index (χ0v) is 12.5. The van der Waals surface area contributed by atoms with Crippen LogP contribution in [0.2, 0.25) is 0 Å². The molecule has 1 fully saturated rings. The van der Waals surface area contributed by atoms with E-state index in [-0.39, 0.29) is 0 Å². The van der Waals surface area contributed by atoms with Gasteiger partial charge in [-0.2, -0.15) is 11.8 Å². The van der Waals surface area contributed by atoms with E-state index in [9.17, 15) is 9.90 Å². The Kier molecular flexibility index (Phi) is 7.08. The minimum atomic E-state index is -0.747. The van der Waals surface area contributed by atoms with E-state index in [0.717, 1.165) is 18.1 Å². The quantitative estimate of drug-likeness (QED) is 0.634. The summed E-state index contributed by atoms with van der Waals surface area (Å²) in [4.78, 5) is 11.2. The van der Waals surface area contributed by atoms with Crippen molar-refractivity contribution in [1.29, 1.82) is 0 Å². The summed E-state index contributed by atoms with van der Waals surface area (Å²) in [6, 6.07) is 0. The van der Waals surface area contributed by atoms with Gasteiger partial charge in [0.05, 0.1) is 0 Å². The fourth-order valence-corrected chi connectivity index (χ4v) is 3.80. The number of carboxylic acid groups (broad SMARTS) is 1. The number of thioether (sulfide) groups is 1. The highest BCUT2D eigenvalue weighted by Crippen LogP contribution is 2.28. The molecule has 0 aliphatic heterocycles. The third-order valence-electron chi connectivity index (χ3n) is 3.83. The van der Waals surface area contributed by atoms with Gasteiger partial charge in [-0.05, 0) is 56.6 Å². The molecule has 18 heavy (non-hydrogen) atoms. The molecule has 0 aromatic carbocycles. The Balaban J connectivity index is 2.12. The normalized spacial score (nSPS) is 19.9. The lowest BCUT2D eigenvalue weighted by molar-refractivity contribution is -0.144. The van der Waals surface area contributed by atoms with Crippen molar-refractivity contribution in [2.75, 3.05) is 18.1 Å². The van der Waals surface area contributed by atoms with Crippen molar-refractivity contribution in [3.63, 3.8) is 0 Å². The van der Waals surface area contributed by atoms with Crippen molar-refractivity contribution in [2.24, 2.45) is 5.92 Å². The largest absolute Gasteiger partial charge is 0.480 e. The number of hydrogen-bond donors (Lipinski definition) is 2. The van der Waals surface area contributed by atoms with Crippen LogP contribution in [0, 0.1) is 5.92 Å². The molecule has 1 aliphatic carbocycles. The van der Waals surface area contributed by atoms with Gasteiger partial charge in [-0.3, -0.25) is 4.79 Å². The van der Waals surface area contributed by atoms with Crippen molar-refractivity contribution >= 4 is 17.7 Å². The van der Waals surface area contributed by atoms with Crippen LogP contribution in [-0.4, -0.2) is 34.7 Å². The molecule has 0 radical (unpaired) electrons. The Morgan fingerprint density at radius 2 is 2.11 bits per heavy atom. The van der Waals surface area contributed by atoms with E-state index in [4.69, 9.17) is 0 Å². The summed E-state index contributed by atoms with van der Waals surface area (Å²) in [6.07, 6.45) is 7.31. The maximum Gasteiger partial charge on any atom is 0.323 e. The van der Waals surface area contributed by atoms with Gasteiger partial charge in [0.1, 0.15) is 5.54 Å². The van der Waals surface area contributed by atoms with Gasteiger partial charge in [0, 0.05) is 0 Å². The Bertz CT molecular complexity index is 254. The summed E-state index contributed by atoms with van der Waals surface area (Å²) < 4.78 is 0. The number of carbonyl (C=O) groups is 1. The van der Waals surface area contributed by atoms with E-state index in [2.05, 4.69) is 5.32 Å². The van der Waals surface area contributed by atoms with Crippen LogP contribution >= 0.6 is 11.8 Å². The number of likely N-dealkylation sites (N-methyl/N-ethyl adjacent to an activating group) is 1. The van der Waals surface area contributed by atoms with Crippen LogP contribution in [0.3, 0.4) is 0 Å². The van der Waals surface area contributed by atoms with Gasteiger partial charge in [0.15, 0.2) is 0 Å². The molecule has 1 atom stereocenters. The molecule has 1 unspecified atom stereocenters. The van der Waals surface area contributed by atoms with Gasteiger partial charge in [0.25, 0.3) is 0 Å². The van der Waals surface area contributed by atoms with Crippen molar-refractivity contribution < 1.29 is 9.90 Å². The third-order valence-corrected chi connectivity index (χ3v) is 5.12. The first-order valence-corrected chi connectivity index (χ1v) is 8.30. The number of nitrogens with one attached hydrogen (secondary N) is 1. The zero-order valence-electron chi connectivity index (χ0n) is 11.7. The fourth-order valence-electron chi connectivity index (χ4n) is 2.62. The number of carboxylic acids is 1. The monoisotopic (exact) mass is 273 g/mol. The highest BCUT2D eigenvalue weighted by atomic mass is 32.2. The summed E-state index contributed by atoms with van der Waals surface area (Å²) in [5.74, 6) is 2.55. The SMILES string of the molecule is CCNC(C)(CCCSCC1CCCC1)C(=O)O. The maximum atomic E-state index is 11.2. The van der Waals surface area contributed by atoms with Crippen LogP contribution in [0.5, 0.6) is 0 Å². The second kappa shape index (κ2) is 8.05. The Morgan fingerprint density at radius 1 is 1.44 bits per heavy atom. The molecule has 3 nitrogen and oxygen atoms in total. The van der Waals surface area contributed by atoms with Gasteiger partial charge in [-0.1, -0.05) is 19.8 Å². The lowest BCUT2D eigenvalue weighted by Crippen LogP contribution is -2.49. The topological polar surface area (TPSA) is 49.3 Å². The van der Waals surface area contributed by atoms with Crippen LogP contribution in [0.1, 0.15) is 52.4 Å². The average Bonchev–Trinajstić information content (AvgIpc) is 2.81.